The molecule has 0 bridgehead atoms. The van der Waals surface area contributed by atoms with Gasteiger partial charge in [-0.2, -0.15) is 0 Å². The van der Waals surface area contributed by atoms with E-state index in [1.165, 1.54) is 0 Å². The Morgan fingerprint density at radius 1 is 1.41 bits per heavy atom. The van der Waals surface area contributed by atoms with Crippen molar-refractivity contribution in [1.82, 2.24) is 10.2 Å². The Kier molecular flexibility index (Phi) is 7.39. The van der Waals surface area contributed by atoms with Crippen LogP contribution in [0.15, 0.2) is 0 Å². The predicted molar refractivity (Wildman–Crippen MR) is 72.8 cm³/mol. The van der Waals surface area contributed by atoms with Gasteiger partial charge in [0.2, 0.25) is 5.91 Å². The fourth-order valence-corrected chi connectivity index (χ4v) is 1.53. The van der Waals surface area contributed by atoms with Crippen molar-refractivity contribution >= 4 is 5.91 Å². The fraction of sp³-hybridized carbons (Fsp3) is 0.923. The predicted octanol–water partition coefficient (Wildman–Crippen LogP) is 1.21. The molecule has 0 aromatic carbocycles. The lowest BCUT2D eigenvalue weighted by molar-refractivity contribution is -0.124. The first-order valence-electron chi connectivity index (χ1n) is 6.58. The summed E-state index contributed by atoms with van der Waals surface area (Å²) in [6.45, 7) is 13.2. The van der Waals surface area contributed by atoms with Crippen molar-refractivity contribution in [3.8, 4) is 0 Å². The molecule has 0 aromatic heterocycles. The number of nitrogens with two attached hydrogens (primary N) is 1. The average molecular weight is 243 g/mol. The van der Waals surface area contributed by atoms with Crippen LogP contribution in [0.4, 0.5) is 0 Å². The van der Waals surface area contributed by atoms with E-state index < -0.39 is 0 Å². The number of carbonyl (C=O) groups is 1. The number of carbonyl (C=O) groups excluding carboxylic acids is 1. The Hall–Kier alpha value is -0.610. The van der Waals surface area contributed by atoms with Crippen molar-refractivity contribution in [1.29, 1.82) is 0 Å². The van der Waals surface area contributed by atoms with Crippen molar-refractivity contribution in [3.05, 3.63) is 0 Å². The maximum absolute atomic E-state index is 11.9. The van der Waals surface area contributed by atoms with Gasteiger partial charge in [-0.1, -0.05) is 20.8 Å². The topological polar surface area (TPSA) is 58.4 Å². The molecule has 0 radical (unpaired) electrons. The zero-order valence-corrected chi connectivity index (χ0v) is 12.0. The third-order valence-electron chi connectivity index (χ3n) is 3.15. The van der Waals surface area contributed by atoms with Gasteiger partial charge >= 0.3 is 0 Å². The zero-order valence-electron chi connectivity index (χ0n) is 12.0. The van der Waals surface area contributed by atoms with Crippen molar-refractivity contribution in [3.63, 3.8) is 0 Å². The van der Waals surface area contributed by atoms with Crippen LogP contribution < -0.4 is 11.1 Å². The van der Waals surface area contributed by atoms with E-state index in [2.05, 4.69) is 31.0 Å². The standard InChI is InChI=1S/C13H29N3O/c1-6-13(4,5)15-12(17)10-16(7-2)9-11(3)8-14/h11H,6-10,14H2,1-5H3,(H,15,17). The number of rotatable bonds is 8. The van der Waals surface area contributed by atoms with Gasteiger partial charge in [-0.05, 0) is 39.3 Å². The van der Waals surface area contributed by atoms with Gasteiger partial charge in [-0.15, -0.1) is 0 Å². The molecule has 0 spiro atoms. The van der Waals surface area contributed by atoms with E-state index in [9.17, 15) is 4.79 Å². The van der Waals surface area contributed by atoms with Gasteiger partial charge in [0.05, 0.1) is 6.54 Å². The molecule has 1 atom stereocenters. The lowest BCUT2D eigenvalue weighted by atomic mass is 10.0. The molecule has 0 fully saturated rings. The Bertz CT molecular complexity index is 229. The molecule has 102 valence electrons. The highest BCUT2D eigenvalue weighted by molar-refractivity contribution is 5.78. The summed E-state index contributed by atoms with van der Waals surface area (Å²) in [6, 6.07) is 0. The minimum absolute atomic E-state index is 0.0999. The molecule has 0 aliphatic heterocycles. The van der Waals surface area contributed by atoms with Gasteiger partial charge in [0.25, 0.3) is 0 Å². The molecule has 0 heterocycles. The van der Waals surface area contributed by atoms with Gasteiger partial charge in [0.1, 0.15) is 0 Å². The number of likely N-dealkylation sites (N-methyl/N-ethyl adjacent to an activating group) is 1. The van der Waals surface area contributed by atoms with Gasteiger partial charge in [0, 0.05) is 12.1 Å². The maximum Gasteiger partial charge on any atom is 0.234 e. The van der Waals surface area contributed by atoms with E-state index in [1.54, 1.807) is 0 Å². The molecular weight excluding hydrogens is 214 g/mol. The Balaban J connectivity index is 4.15. The van der Waals surface area contributed by atoms with E-state index in [-0.39, 0.29) is 11.4 Å². The van der Waals surface area contributed by atoms with E-state index in [4.69, 9.17) is 5.73 Å². The van der Waals surface area contributed by atoms with Crippen LogP contribution in [0, 0.1) is 5.92 Å². The van der Waals surface area contributed by atoms with Crippen LogP contribution in [0.25, 0.3) is 0 Å². The Morgan fingerprint density at radius 3 is 2.41 bits per heavy atom. The number of nitrogens with one attached hydrogen (secondary N) is 1. The summed E-state index contributed by atoms with van der Waals surface area (Å²) >= 11 is 0. The van der Waals surface area contributed by atoms with Crippen molar-refractivity contribution < 1.29 is 4.79 Å². The van der Waals surface area contributed by atoms with Gasteiger partial charge in [-0.25, -0.2) is 0 Å². The first-order chi connectivity index (χ1) is 7.84. The lowest BCUT2D eigenvalue weighted by Gasteiger charge is -2.28. The summed E-state index contributed by atoms with van der Waals surface area (Å²) in [6.07, 6.45) is 0.935. The molecule has 17 heavy (non-hydrogen) atoms. The number of nitrogens with zero attached hydrogens (tertiary/aromatic N) is 1. The molecule has 4 nitrogen and oxygen atoms in total. The maximum atomic E-state index is 11.9. The minimum Gasteiger partial charge on any atom is -0.350 e. The average Bonchev–Trinajstić information content (AvgIpc) is 2.27. The first-order valence-corrected chi connectivity index (χ1v) is 6.58. The van der Waals surface area contributed by atoms with E-state index in [0.29, 0.717) is 19.0 Å². The van der Waals surface area contributed by atoms with Crippen LogP contribution in [0.3, 0.4) is 0 Å². The number of hydrogen-bond acceptors (Lipinski definition) is 3. The summed E-state index contributed by atoms with van der Waals surface area (Å²) in [5.74, 6) is 0.532. The van der Waals surface area contributed by atoms with Crippen LogP contribution in [0.1, 0.15) is 41.0 Å². The van der Waals surface area contributed by atoms with Crippen molar-refractivity contribution in [2.75, 3.05) is 26.2 Å². The van der Waals surface area contributed by atoms with Crippen LogP contribution in [-0.4, -0.2) is 42.5 Å². The Labute approximate surface area is 106 Å². The van der Waals surface area contributed by atoms with Crippen LogP contribution >= 0.6 is 0 Å². The fourth-order valence-electron chi connectivity index (χ4n) is 1.53. The van der Waals surface area contributed by atoms with Crippen LogP contribution in [-0.2, 0) is 4.79 Å². The summed E-state index contributed by atoms with van der Waals surface area (Å²) < 4.78 is 0. The highest BCUT2D eigenvalue weighted by atomic mass is 16.2. The molecule has 1 unspecified atom stereocenters. The molecule has 0 aromatic rings. The number of amides is 1. The van der Waals surface area contributed by atoms with E-state index >= 15 is 0 Å². The van der Waals surface area contributed by atoms with Crippen molar-refractivity contribution in [2.24, 2.45) is 11.7 Å². The largest absolute Gasteiger partial charge is 0.350 e. The molecule has 3 N–H and O–H groups in total. The third kappa shape index (κ3) is 7.34. The number of hydrogen-bond donors (Lipinski definition) is 2. The summed E-state index contributed by atoms with van der Waals surface area (Å²) in [7, 11) is 0. The Morgan fingerprint density at radius 2 is 2.00 bits per heavy atom. The minimum atomic E-state index is -0.115. The van der Waals surface area contributed by atoms with Crippen molar-refractivity contribution in [2.45, 2.75) is 46.6 Å². The molecule has 0 rings (SSSR count). The first kappa shape index (κ1) is 16.4. The molecule has 0 aliphatic carbocycles. The second kappa shape index (κ2) is 7.67. The highest BCUT2D eigenvalue weighted by Crippen LogP contribution is 2.07. The smallest absolute Gasteiger partial charge is 0.234 e. The highest BCUT2D eigenvalue weighted by Gasteiger charge is 2.19. The lowest BCUT2D eigenvalue weighted by Crippen LogP contribution is -2.48. The molecule has 1 amide bonds. The third-order valence-corrected chi connectivity index (χ3v) is 3.15. The molecule has 0 saturated carbocycles. The molecule has 4 heteroatoms. The monoisotopic (exact) mass is 243 g/mol. The zero-order chi connectivity index (χ0) is 13.5. The SMILES string of the molecule is CCN(CC(=O)NC(C)(C)CC)CC(C)CN. The van der Waals surface area contributed by atoms with E-state index in [0.717, 1.165) is 19.5 Å². The van der Waals surface area contributed by atoms with Gasteiger partial charge in [0.15, 0.2) is 0 Å². The summed E-state index contributed by atoms with van der Waals surface area (Å²) in [5, 5.41) is 3.05. The molecular formula is C13H29N3O. The quantitative estimate of drug-likeness (QED) is 0.673. The van der Waals surface area contributed by atoms with E-state index in [1.807, 2.05) is 13.8 Å². The van der Waals surface area contributed by atoms with Crippen LogP contribution in [0.5, 0.6) is 0 Å². The second-order valence-corrected chi connectivity index (χ2v) is 5.45. The van der Waals surface area contributed by atoms with Gasteiger partial charge < -0.3 is 11.1 Å². The normalized spacial score (nSPS) is 13.8. The summed E-state index contributed by atoms with van der Waals surface area (Å²) in [5.41, 5.74) is 5.49. The van der Waals surface area contributed by atoms with Gasteiger partial charge in [-0.3, -0.25) is 9.69 Å². The second-order valence-electron chi connectivity index (χ2n) is 5.45. The molecule has 0 aliphatic rings. The van der Waals surface area contributed by atoms with Crippen LogP contribution in [0.2, 0.25) is 0 Å². The molecule has 0 saturated heterocycles. The summed E-state index contributed by atoms with van der Waals surface area (Å²) in [4.78, 5) is 14.0.